The molecule has 1 amide bonds. The number of carbonyl (C=O) groups is 1. The lowest BCUT2D eigenvalue weighted by Gasteiger charge is -2.46. The van der Waals surface area contributed by atoms with Crippen LogP contribution in [0, 0.1) is 13.8 Å². The van der Waals surface area contributed by atoms with Gasteiger partial charge in [0, 0.05) is 18.7 Å². The fourth-order valence-corrected chi connectivity index (χ4v) is 3.55. The van der Waals surface area contributed by atoms with E-state index < -0.39 is 0 Å². The van der Waals surface area contributed by atoms with Crippen LogP contribution in [0.15, 0.2) is 0 Å². The summed E-state index contributed by atoms with van der Waals surface area (Å²) in [5.41, 5.74) is 3.48. The van der Waals surface area contributed by atoms with Crippen LogP contribution < -0.4 is 0 Å². The van der Waals surface area contributed by atoms with E-state index in [0.717, 1.165) is 36.5 Å². The summed E-state index contributed by atoms with van der Waals surface area (Å²) >= 11 is 0. The van der Waals surface area contributed by atoms with Crippen molar-refractivity contribution in [3.63, 3.8) is 0 Å². The smallest absolute Gasteiger partial charge is 0.220 e. The summed E-state index contributed by atoms with van der Waals surface area (Å²) in [6.45, 7) is 5.67. The monoisotopic (exact) mass is 245 g/mol. The fourth-order valence-electron chi connectivity index (χ4n) is 3.55. The molecule has 0 saturated carbocycles. The SMILES string of the molecule is CC(=O)N1C2CCCC1c1nc(C)nc(C)c1C2. The van der Waals surface area contributed by atoms with E-state index in [1.165, 1.54) is 12.0 Å². The standard InChI is InChI=1S/C14H19N3O/c1-8-12-7-11-5-4-6-13(17(11)10(3)18)14(12)16-9(2)15-8/h11,13H,4-7H2,1-3H3. The molecule has 0 N–H and O–H groups in total. The lowest BCUT2D eigenvalue weighted by molar-refractivity contribution is -0.137. The van der Waals surface area contributed by atoms with Gasteiger partial charge in [0.05, 0.1) is 11.7 Å². The van der Waals surface area contributed by atoms with E-state index in [1.807, 2.05) is 6.92 Å². The predicted molar refractivity (Wildman–Crippen MR) is 68.1 cm³/mol. The molecule has 3 rings (SSSR count). The predicted octanol–water partition coefficient (Wildman–Crippen LogP) is 2.09. The summed E-state index contributed by atoms with van der Waals surface area (Å²) in [6.07, 6.45) is 4.28. The molecule has 96 valence electrons. The maximum Gasteiger partial charge on any atom is 0.220 e. The number of aryl methyl sites for hydroxylation is 2. The summed E-state index contributed by atoms with van der Waals surface area (Å²) in [5, 5.41) is 0. The number of piperidine rings is 1. The molecule has 1 fully saturated rings. The molecule has 3 heterocycles. The van der Waals surface area contributed by atoms with Gasteiger partial charge in [0.15, 0.2) is 0 Å². The summed E-state index contributed by atoms with van der Waals surface area (Å²) in [6, 6.07) is 0.546. The molecule has 0 radical (unpaired) electrons. The lowest BCUT2D eigenvalue weighted by atomic mass is 9.82. The van der Waals surface area contributed by atoms with Crippen LogP contribution in [0.2, 0.25) is 0 Å². The number of aromatic nitrogens is 2. The van der Waals surface area contributed by atoms with E-state index in [2.05, 4.69) is 21.8 Å². The Morgan fingerprint density at radius 3 is 2.78 bits per heavy atom. The highest BCUT2D eigenvalue weighted by atomic mass is 16.2. The molecule has 0 spiro atoms. The number of nitrogens with zero attached hydrogens (tertiary/aromatic N) is 3. The van der Waals surface area contributed by atoms with Gasteiger partial charge < -0.3 is 4.90 Å². The number of hydrogen-bond donors (Lipinski definition) is 0. The minimum Gasteiger partial charge on any atom is -0.331 e. The summed E-state index contributed by atoms with van der Waals surface area (Å²) in [5.74, 6) is 1.00. The number of rotatable bonds is 0. The van der Waals surface area contributed by atoms with Gasteiger partial charge in [-0.1, -0.05) is 0 Å². The first-order valence-corrected chi connectivity index (χ1v) is 6.71. The second-order valence-electron chi connectivity index (χ2n) is 5.45. The Labute approximate surface area is 107 Å². The average Bonchev–Trinajstić information content (AvgIpc) is 2.30. The van der Waals surface area contributed by atoms with Crippen LogP contribution in [0.3, 0.4) is 0 Å². The number of carbonyl (C=O) groups excluding carboxylic acids is 1. The highest BCUT2D eigenvalue weighted by Gasteiger charge is 2.40. The van der Waals surface area contributed by atoms with Crippen molar-refractivity contribution in [3.8, 4) is 0 Å². The zero-order chi connectivity index (χ0) is 12.9. The molecule has 1 aromatic heterocycles. The molecule has 2 atom stereocenters. The van der Waals surface area contributed by atoms with Gasteiger partial charge >= 0.3 is 0 Å². The first kappa shape index (κ1) is 11.6. The Hall–Kier alpha value is -1.45. The van der Waals surface area contributed by atoms with Crippen LogP contribution in [0.5, 0.6) is 0 Å². The van der Waals surface area contributed by atoms with Gasteiger partial charge in [0.1, 0.15) is 5.82 Å². The minimum absolute atomic E-state index is 0.185. The number of amides is 1. The third-order valence-electron chi connectivity index (χ3n) is 4.22. The maximum absolute atomic E-state index is 11.9. The van der Waals surface area contributed by atoms with Gasteiger partial charge in [-0.05, 0) is 45.1 Å². The number of hydrogen-bond acceptors (Lipinski definition) is 3. The second kappa shape index (κ2) is 4.04. The summed E-state index contributed by atoms with van der Waals surface area (Å²) < 4.78 is 0. The van der Waals surface area contributed by atoms with Gasteiger partial charge in [-0.3, -0.25) is 4.79 Å². The molecule has 1 saturated heterocycles. The molecular weight excluding hydrogens is 226 g/mol. The summed E-state index contributed by atoms with van der Waals surface area (Å²) in [4.78, 5) is 23.0. The molecule has 0 aliphatic carbocycles. The van der Waals surface area contributed by atoms with Crippen LogP contribution in [0.1, 0.15) is 55.0 Å². The van der Waals surface area contributed by atoms with Crippen molar-refractivity contribution < 1.29 is 4.79 Å². The van der Waals surface area contributed by atoms with E-state index in [9.17, 15) is 4.79 Å². The Morgan fingerprint density at radius 1 is 1.28 bits per heavy atom. The fraction of sp³-hybridized carbons (Fsp3) is 0.643. The van der Waals surface area contributed by atoms with Crippen molar-refractivity contribution >= 4 is 5.91 Å². The molecule has 18 heavy (non-hydrogen) atoms. The van der Waals surface area contributed by atoms with Crippen LogP contribution in [0.4, 0.5) is 0 Å². The Balaban J connectivity index is 2.14. The van der Waals surface area contributed by atoms with Crippen molar-refractivity contribution in [1.82, 2.24) is 14.9 Å². The first-order valence-electron chi connectivity index (χ1n) is 6.71. The van der Waals surface area contributed by atoms with Crippen molar-refractivity contribution in [3.05, 3.63) is 22.8 Å². The quantitative estimate of drug-likeness (QED) is 0.703. The zero-order valence-corrected chi connectivity index (χ0v) is 11.2. The highest BCUT2D eigenvalue weighted by Crippen LogP contribution is 2.41. The van der Waals surface area contributed by atoms with Gasteiger partial charge in [-0.15, -0.1) is 0 Å². The third kappa shape index (κ3) is 1.62. The molecule has 4 heteroatoms. The second-order valence-corrected chi connectivity index (χ2v) is 5.45. The van der Waals surface area contributed by atoms with Crippen molar-refractivity contribution in [2.75, 3.05) is 0 Å². The normalized spacial score (nSPS) is 25.8. The van der Waals surface area contributed by atoms with Gasteiger partial charge in [0.25, 0.3) is 0 Å². The van der Waals surface area contributed by atoms with Crippen LogP contribution >= 0.6 is 0 Å². The molecule has 2 bridgehead atoms. The van der Waals surface area contributed by atoms with Crippen LogP contribution in [-0.4, -0.2) is 26.8 Å². The molecule has 2 aliphatic heterocycles. The van der Waals surface area contributed by atoms with E-state index in [0.29, 0.717) is 6.04 Å². The van der Waals surface area contributed by atoms with Crippen LogP contribution in [0.25, 0.3) is 0 Å². The zero-order valence-electron chi connectivity index (χ0n) is 11.2. The molecule has 0 aromatic carbocycles. The van der Waals surface area contributed by atoms with E-state index in [1.54, 1.807) is 6.92 Å². The van der Waals surface area contributed by atoms with Crippen molar-refractivity contribution in [1.29, 1.82) is 0 Å². The molecule has 2 aliphatic rings. The third-order valence-corrected chi connectivity index (χ3v) is 4.22. The molecule has 1 aromatic rings. The largest absolute Gasteiger partial charge is 0.331 e. The number of fused-ring (bicyclic) bond motifs is 4. The van der Waals surface area contributed by atoms with E-state index in [4.69, 9.17) is 0 Å². The topological polar surface area (TPSA) is 46.1 Å². The first-order chi connectivity index (χ1) is 8.58. The summed E-state index contributed by atoms with van der Waals surface area (Å²) in [7, 11) is 0. The van der Waals surface area contributed by atoms with Crippen molar-refractivity contribution in [2.24, 2.45) is 0 Å². The maximum atomic E-state index is 11.9. The molecular formula is C14H19N3O. The van der Waals surface area contributed by atoms with Crippen LogP contribution in [-0.2, 0) is 11.2 Å². The minimum atomic E-state index is 0.185. The van der Waals surface area contributed by atoms with Gasteiger partial charge in [0.2, 0.25) is 5.91 Å². The Kier molecular flexibility index (Phi) is 2.61. The highest BCUT2D eigenvalue weighted by molar-refractivity contribution is 5.75. The van der Waals surface area contributed by atoms with Gasteiger partial charge in [-0.25, -0.2) is 9.97 Å². The molecule has 2 unspecified atom stereocenters. The van der Waals surface area contributed by atoms with E-state index in [-0.39, 0.29) is 11.9 Å². The lowest BCUT2D eigenvalue weighted by Crippen LogP contribution is -2.49. The molecule has 4 nitrogen and oxygen atoms in total. The van der Waals surface area contributed by atoms with Gasteiger partial charge in [-0.2, -0.15) is 0 Å². The average molecular weight is 245 g/mol. The Morgan fingerprint density at radius 2 is 2.06 bits per heavy atom. The van der Waals surface area contributed by atoms with E-state index >= 15 is 0 Å². The van der Waals surface area contributed by atoms with Crippen molar-refractivity contribution in [2.45, 2.75) is 58.5 Å². The Bertz CT molecular complexity index is 512.